The number of aromatic hydroxyl groups is 1. The van der Waals surface area contributed by atoms with Gasteiger partial charge >= 0.3 is 5.97 Å². The lowest BCUT2D eigenvalue weighted by Crippen LogP contribution is -2.43. The van der Waals surface area contributed by atoms with Gasteiger partial charge in [-0.25, -0.2) is 14.2 Å². The van der Waals surface area contributed by atoms with Gasteiger partial charge in [-0.1, -0.05) is 19.9 Å². The van der Waals surface area contributed by atoms with Crippen LogP contribution in [0.2, 0.25) is 0 Å². The summed E-state index contributed by atoms with van der Waals surface area (Å²) in [6, 6.07) is 7.67. The van der Waals surface area contributed by atoms with Crippen LogP contribution in [0.4, 0.5) is 4.39 Å². The van der Waals surface area contributed by atoms with Crippen molar-refractivity contribution in [1.29, 1.82) is 0 Å². The number of halogens is 1. The Morgan fingerprint density at radius 1 is 1.13 bits per heavy atom. The van der Waals surface area contributed by atoms with E-state index in [1.165, 1.54) is 18.2 Å². The number of rotatable bonds is 6. The second-order valence-corrected chi connectivity index (χ2v) is 7.62. The lowest BCUT2D eigenvalue weighted by molar-refractivity contribution is -0.140. The molecule has 0 aliphatic rings. The third-order valence-electron chi connectivity index (χ3n) is 5.01. The summed E-state index contributed by atoms with van der Waals surface area (Å²) < 4.78 is 13.9. The lowest BCUT2D eigenvalue weighted by atomic mass is 9.90. The molecule has 0 aliphatic carbocycles. The second kappa shape index (κ2) is 8.69. The summed E-state index contributed by atoms with van der Waals surface area (Å²) in [5.41, 5.74) is 2.34. The topological polar surface area (TPSA) is 120 Å². The highest BCUT2D eigenvalue weighted by Gasteiger charge is 2.25. The summed E-state index contributed by atoms with van der Waals surface area (Å²) in [6.45, 7) is 4.65. The van der Waals surface area contributed by atoms with Crippen molar-refractivity contribution < 1.29 is 29.3 Å². The third-order valence-corrected chi connectivity index (χ3v) is 5.01. The van der Waals surface area contributed by atoms with Crippen molar-refractivity contribution in [1.82, 2.24) is 10.3 Å². The number of aryl methyl sites for hydroxylation is 1. The summed E-state index contributed by atoms with van der Waals surface area (Å²) in [4.78, 5) is 28.6. The number of nitrogens with one attached hydrogen (secondary N) is 1. The van der Waals surface area contributed by atoms with Gasteiger partial charge < -0.3 is 20.6 Å². The van der Waals surface area contributed by atoms with Crippen LogP contribution in [0, 0.1) is 12.7 Å². The van der Waals surface area contributed by atoms with E-state index in [1.54, 1.807) is 25.1 Å². The molecule has 162 valence electrons. The number of carboxylic acid groups (broad SMARTS) is 1. The van der Waals surface area contributed by atoms with Gasteiger partial charge in [0.05, 0.1) is 12.3 Å². The number of carboxylic acids is 1. The summed E-state index contributed by atoms with van der Waals surface area (Å²) >= 11 is 0. The van der Waals surface area contributed by atoms with Gasteiger partial charge in [0.15, 0.2) is 6.04 Å². The Morgan fingerprint density at radius 2 is 1.84 bits per heavy atom. The first-order valence-electron chi connectivity index (χ1n) is 9.71. The van der Waals surface area contributed by atoms with Crippen molar-refractivity contribution in [3.8, 4) is 16.9 Å². The molecule has 1 amide bonds. The molecule has 1 atom stereocenters. The maximum atomic E-state index is 13.9. The summed E-state index contributed by atoms with van der Waals surface area (Å²) in [7, 11) is 0. The van der Waals surface area contributed by atoms with Crippen LogP contribution in [0.3, 0.4) is 0 Å². The molecule has 0 saturated heterocycles. The smallest absolute Gasteiger partial charge is 0.328 e. The summed E-state index contributed by atoms with van der Waals surface area (Å²) in [6.07, 6.45) is 0. The molecule has 2 aromatic carbocycles. The SMILES string of the molecule is Cc1cc(-c2c(C(C)C)nc(C(=O)NC(CO)C(=O)O)c3cc(O)ccc23)ccc1F. The van der Waals surface area contributed by atoms with Crippen LogP contribution in [-0.4, -0.2) is 44.8 Å². The van der Waals surface area contributed by atoms with Crippen LogP contribution in [0.5, 0.6) is 5.75 Å². The maximum absolute atomic E-state index is 13.9. The van der Waals surface area contributed by atoms with Crippen LogP contribution >= 0.6 is 0 Å². The minimum atomic E-state index is -1.50. The molecule has 0 radical (unpaired) electrons. The van der Waals surface area contributed by atoms with E-state index in [-0.39, 0.29) is 23.2 Å². The molecule has 3 aromatic rings. The summed E-state index contributed by atoms with van der Waals surface area (Å²) in [5.74, 6) is -2.74. The highest BCUT2D eigenvalue weighted by Crippen LogP contribution is 2.38. The molecule has 1 unspecified atom stereocenters. The van der Waals surface area contributed by atoms with Gasteiger partial charge in [-0.15, -0.1) is 0 Å². The highest BCUT2D eigenvalue weighted by molar-refractivity contribution is 6.11. The van der Waals surface area contributed by atoms with Gasteiger partial charge in [0.1, 0.15) is 17.3 Å². The monoisotopic (exact) mass is 426 g/mol. The molecular weight excluding hydrogens is 403 g/mol. The van der Waals surface area contributed by atoms with E-state index in [2.05, 4.69) is 10.3 Å². The number of carbonyl (C=O) groups excluding carboxylic acids is 1. The number of phenols is 1. The fourth-order valence-corrected chi connectivity index (χ4v) is 3.43. The molecule has 7 nitrogen and oxygen atoms in total. The molecule has 31 heavy (non-hydrogen) atoms. The molecule has 0 fully saturated rings. The molecule has 1 aromatic heterocycles. The minimum Gasteiger partial charge on any atom is -0.508 e. The number of aromatic nitrogens is 1. The Labute approximate surface area is 178 Å². The number of aliphatic hydroxyl groups is 1. The fraction of sp³-hybridized carbons (Fsp3) is 0.261. The molecule has 8 heteroatoms. The average molecular weight is 426 g/mol. The fourth-order valence-electron chi connectivity index (χ4n) is 3.43. The highest BCUT2D eigenvalue weighted by atomic mass is 19.1. The van der Waals surface area contributed by atoms with Crippen LogP contribution in [-0.2, 0) is 4.79 Å². The van der Waals surface area contributed by atoms with Crippen molar-refractivity contribution in [2.75, 3.05) is 6.61 Å². The Bertz CT molecular complexity index is 1180. The second-order valence-electron chi connectivity index (χ2n) is 7.62. The van der Waals surface area contributed by atoms with Gasteiger partial charge in [-0.2, -0.15) is 0 Å². The van der Waals surface area contributed by atoms with Crippen LogP contribution < -0.4 is 5.32 Å². The Balaban J connectivity index is 2.31. The molecule has 0 saturated carbocycles. The zero-order chi connectivity index (χ0) is 22.9. The zero-order valence-electron chi connectivity index (χ0n) is 17.3. The summed E-state index contributed by atoms with van der Waals surface area (Å²) in [5, 5.41) is 31.6. The Hall–Kier alpha value is -3.52. The predicted molar refractivity (Wildman–Crippen MR) is 114 cm³/mol. The standard InChI is InChI=1S/C23H23FN2O5/c1-11(2)20-19(13-4-7-17(24)12(3)8-13)15-6-5-14(28)9-16(15)21(26-20)22(29)25-18(10-27)23(30)31/h4-9,11,18,27-28H,10H2,1-3H3,(H,25,29)(H,30,31). The molecule has 4 N–H and O–H groups in total. The van der Waals surface area contributed by atoms with E-state index >= 15 is 0 Å². The molecule has 3 rings (SSSR count). The molecular formula is C23H23FN2O5. The number of aliphatic carboxylic acids is 1. The van der Waals surface area contributed by atoms with Gasteiger partial charge in [-0.05, 0) is 59.7 Å². The van der Waals surface area contributed by atoms with E-state index in [9.17, 15) is 24.2 Å². The lowest BCUT2D eigenvalue weighted by Gasteiger charge is -2.19. The van der Waals surface area contributed by atoms with Gasteiger partial charge in [0.2, 0.25) is 0 Å². The average Bonchev–Trinajstić information content (AvgIpc) is 2.72. The van der Waals surface area contributed by atoms with E-state index in [0.717, 1.165) is 0 Å². The normalized spacial score (nSPS) is 12.2. The zero-order valence-corrected chi connectivity index (χ0v) is 17.3. The van der Waals surface area contributed by atoms with E-state index < -0.39 is 24.5 Å². The predicted octanol–water partition coefficient (Wildman–Crippen LogP) is 3.35. The number of carbonyl (C=O) groups is 2. The van der Waals surface area contributed by atoms with Gasteiger partial charge in [-0.3, -0.25) is 4.79 Å². The van der Waals surface area contributed by atoms with Crippen LogP contribution in [0.1, 0.15) is 41.5 Å². The number of nitrogens with zero attached hydrogens (tertiary/aromatic N) is 1. The Morgan fingerprint density at radius 3 is 2.42 bits per heavy atom. The quantitative estimate of drug-likeness (QED) is 0.480. The Kier molecular flexibility index (Phi) is 6.21. The number of hydrogen-bond donors (Lipinski definition) is 4. The number of hydrogen-bond acceptors (Lipinski definition) is 5. The van der Waals surface area contributed by atoms with Gasteiger partial charge in [0, 0.05) is 10.9 Å². The van der Waals surface area contributed by atoms with E-state index in [0.29, 0.717) is 33.2 Å². The number of fused-ring (bicyclic) bond motifs is 1. The number of phenolic OH excluding ortho intramolecular Hbond substituents is 1. The molecule has 0 aliphatic heterocycles. The van der Waals surface area contributed by atoms with Gasteiger partial charge in [0.25, 0.3) is 5.91 Å². The molecule has 0 spiro atoms. The van der Waals surface area contributed by atoms with E-state index in [4.69, 9.17) is 5.11 Å². The third kappa shape index (κ3) is 4.34. The van der Waals surface area contributed by atoms with Crippen molar-refractivity contribution in [3.63, 3.8) is 0 Å². The number of benzene rings is 2. The first-order chi connectivity index (χ1) is 14.6. The number of pyridine rings is 1. The van der Waals surface area contributed by atoms with Crippen molar-refractivity contribution in [2.24, 2.45) is 0 Å². The minimum absolute atomic E-state index is 0.0723. The van der Waals surface area contributed by atoms with Crippen LogP contribution in [0.15, 0.2) is 36.4 Å². The number of amides is 1. The molecule has 0 bridgehead atoms. The van der Waals surface area contributed by atoms with Crippen LogP contribution in [0.25, 0.3) is 21.9 Å². The molecule has 1 heterocycles. The van der Waals surface area contributed by atoms with E-state index in [1.807, 2.05) is 13.8 Å². The maximum Gasteiger partial charge on any atom is 0.328 e. The van der Waals surface area contributed by atoms with Crippen molar-refractivity contribution >= 4 is 22.6 Å². The largest absolute Gasteiger partial charge is 0.508 e. The first-order valence-corrected chi connectivity index (χ1v) is 9.71. The van der Waals surface area contributed by atoms with Crippen molar-refractivity contribution in [3.05, 3.63) is 59.2 Å². The number of aliphatic hydroxyl groups excluding tert-OH is 1. The van der Waals surface area contributed by atoms with Crippen molar-refractivity contribution in [2.45, 2.75) is 32.7 Å². The first kappa shape index (κ1) is 22.2.